The SMILES string of the molecule is Cc1noc(C2CCN(CC(=O)N3CCOCC3)CC2)n1. The van der Waals surface area contributed by atoms with Gasteiger partial charge in [-0.15, -0.1) is 0 Å². The molecule has 0 unspecified atom stereocenters. The van der Waals surface area contributed by atoms with Crippen molar-refractivity contribution in [1.82, 2.24) is 19.9 Å². The molecular formula is C14H22N4O3. The highest BCUT2D eigenvalue weighted by molar-refractivity contribution is 5.78. The van der Waals surface area contributed by atoms with Crippen molar-refractivity contribution in [2.45, 2.75) is 25.7 Å². The third-order valence-corrected chi connectivity index (χ3v) is 4.20. The molecule has 0 radical (unpaired) electrons. The second-order valence-corrected chi connectivity index (χ2v) is 5.72. The molecule has 2 saturated heterocycles. The molecule has 0 aliphatic carbocycles. The van der Waals surface area contributed by atoms with E-state index in [-0.39, 0.29) is 5.91 Å². The topological polar surface area (TPSA) is 71.7 Å². The zero-order valence-electron chi connectivity index (χ0n) is 12.5. The number of amides is 1. The fourth-order valence-electron chi connectivity index (χ4n) is 2.92. The second kappa shape index (κ2) is 6.53. The predicted molar refractivity (Wildman–Crippen MR) is 74.8 cm³/mol. The van der Waals surface area contributed by atoms with Crippen LogP contribution >= 0.6 is 0 Å². The lowest BCUT2D eigenvalue weighted by Gasteiger charge is -2.33. The van der Waals surface area contributed by atoms with E-state index in [0.29, 0.717) is 31.5 Å². The van der Waals surface area contributed by atoms with Gasteiger partial charge in [-0.1, -0.05) is 5.16 Å². The van der Waals surface area contributed by atoms with Crippen LogP contribution in [-0.4, -0.2) is 71.8 Å². The molecule has 7 heteroatoms. The van der Waals surface area contributed by atoms with E-state index in [1.807, 2.05) is 11.8 Å². The number of hydrogen-bond acceptors (Lipinski definition) is 6. The number of aromatic nitrogens is 2. The monoisotopic (exact) mass is 294 g/mol. The van der Waals surface area contributed by atoms with Crippen LogP contribution in [0, 0.1) is 6.92 Å². The minimum Gasteiger partial charge on any atom is -0.378 e. The Balaban J connectivity index is 1.46. The van der Waals surface area contributed by atoms with Crippen LogP contribution in [0.4, 0.5) is 0 Å². The minimum absolute atomic E-state index is 0.213. The van der Waals surface area contributed by atoms with Crippen molar-refractivity contribution in [3.8, 4) is 0 Å². The third-order valence-electron chi connectivity index (χ3n) is 4.20. The van der Waals surface area contributed by atoms with Gasteiger partial charge in [0.05, 0.1) is 19.8 Å². The van der Waals surface area contributed by atoms with Gasteiger partial charge >= 0.3 is 0 Å². The number of hydrogen-bond donors (Lipinski definition) is 0. The molecule has 2 aliphatic heterocycles. The summed E-state index contributed by atoms with van der Waals surface area (Å²) in [6.45, 7) is 6.91. The number of aryl methyl sites for hydroxylation is 1. The number of ether oxygens (including phenoxy) is 1. The molecule has 0 bridgehead atoms. The van der Waals surface area contributed by atoms with E-state index in [1.54, 1.807) is 0 Å². The molecule has 0 atom stereocenters. The van der Waals surface area contributed by atoms with E-state index < -0.39 is 0 Å². The summed E-state index contributed by atoms with van der Waals surface area (Å²) in [4.78, 5) is 20.6. The van der Waals surface area contributed by atoms with Gasteiger partial charge < -0.3 is 14.2 Å². The molecule has 0 saturated carbocycles. The predicted octanol–water partition coefficient (Wildman–Crippen LogP) is 0.416. The van der Waals surface area contributed by atoms with Crippen molar-refractivity contribution in [3.63, 3.8) is 0 Å². The number of morpholine rings is 1. The molecule has 2 fully saturated rings. The minimum atomic E-state index is 0.213. The van der Waals surface area contributed by atoms with Gasteiger partial charge in [-0.2, -0.15) is 4.98 Å². The Bertz CT molecular complexity index is 476. The average molecular weight is 294 g/mol. The van der Waals surface area contributed by atoms with Gasteiger partial charge in [0.1, 0.15) is 0 Å². The first-order valence-corrected chi connectivity index (χ1v) is 7.60. The molecule has 116 valence electrons. The maximum Gasteiger partial charge on any atom is 0.236 e. The van der Waals surface area contributed by atoms with Crippen molar-refractivity contribution >= 4 is 5.91 Å². The number of rotatable bonds is 3. The van der Waals surface area contributed by atoms with E-state index in [0.717, 1.165) is 44.9 Å². The van der Waals surface area contributed by atoms with Gasteiger partial charge in [-0.25, -0.2) is 0 Å². The molecule has 21 heavy (non-hydrogen) atoms. The van der Waals surface area contributed by atoms with Crippen LogP contribution in [0.5, 0.6) is 0 Å². The Labute approximate surface area is 124 Å². The highest BCUT2D eigenvalue weighted by Crippen LogP contribution is 2.26. The maximum absolute atomic E-state index is 12.2. The third kappa shape index (κ3) is 3.59. The summed E-state index contributed by atoms with van der Waals surface area (Å²) in [5, 5.41) is 3.85. The molecule has 1 aromatic heterocycles. The first-order valence-electron chi connectivity index (χ1n) is 7.60. The van der Waals surface area contributed by atoms with Crippen LogP contribution in [0.2, 0.25) is 0 Å². The van der Waals surface area contributed by atoms with Crippen molar-refractivity contribution in [3.05, 3.63) is 11.7 Å². The number of carbonyl (C=O) groups excluding carboxylic acids is 1. The lowest BCUT2D eigenvalue weighted by molar-refractivity contribution is -0.136. The largest absolute Gasteiger partial charge is 0.378 e. The molecule has 3 rings (SSSR count). The van der Waals surface area contributed by atoms with E-state index in [1.165, 1.54) is 0 Å². The molecule has 1 amide bonds. The van der Waals surface area contributed by atoms with Gasteiger partial charge in [0, 0.05) is 19.0 Å². The normalized spacial score (nSPS) is 21.7. The van der Waals surface area contributed by atoms with E-state index in [4.69, 9.17) is 9.26 Å². The summed E-state index contributed by atoms with van der Waals surface area (Å²) in [7, 11) is 0. The molecule has 2 aliphatic rings. The van der Waals surface area contributed by atoms with Crippen molar-refractivity contribution in [2.75, 3.05) is 45.9 Å². The molecule has 0 N–H and O–H groups in total. The van der Waals surface area contributed by atoms with Crippen LogP contribution in [-0.2, 0) is 9.53 Å². The van der Waals surface area contributed by atoms with Gasteiger partial charge in [0.15, 0.2) is 5.82 Å². The second-order valence-electron chi connectivity index (χ2n) is 5.72. The first-order chi connectivity index (χ1) is 10.2. The molecular weight excluding hydrogens is 272 g/mol. The van der Waals surface area contributed by atoms with Gasteiger partial charge in [-0.3, -0.25) is 9.69 Å². The smallest absolute Gasteiger partial charge is 0.236 e. The summed E-state index contributed by atoms with van der Waals surface area (Å²) < 4.78 is 10.5. The fraction of sp³-hybridized carbons (Fsp3) is 0.786. The number of piperidine rings is 1. The number of carbonyl (C=O) groups is 1. The van der Waals surface area contributed by atoms with Gasteiger partial charge in [0.25, 0.3) is 0 Å². The molecule has 7 nitrogen and oxygen atoms in total. The Kier molecular flexibility index (Phi) is 4.50. The summed E-state index contributed by atoms with van der Waals surface area (Å²) in [6.07, 6.45) is 1.94. The first kappa shape index (κ1) is 14.5. The molecule has 0 spiro atoms. The maximum atomic E-state index is 12.2. The lowest BCUT2D eigenvalue weighted by atomic mass is 9.97. The van der Waals surface area contributed by atoms with Crippen LogP contribution in [0.25, 0.3) is 0 Å². The van der Waals surface area contributed by atoms with E-state index in [2.05, 4.69) is 15.0 Å². The molecule has 3 heterocycles. The highest BCUT2D eigenvalue weighted by Gasteiger charge is 2.27. The van der Waals surface area contributed by atoms with Crippen molar-refractivity contribution < 1.29 is 14.1 Å². The van der Waals surface area contributed by atoms with Crippen LogP contribution in [0.3, 0.4) is 0 Å². The summed E-state index contributed by atoms with van der Waals surface area (Å²) in [5.74, 6) is 1.98. The fourth-order valence-corrected chi connectivity index (χ4v) is 2.92. The quantitative estimate of drug-likeness (QED) is 0.804. The molecule has 1 aromatic rings. The Morgan fingerprint density at radius 2 is 1.95 bits per heavy atom. The van der Waals surface area contributed by atoms with E-state index in [9.17, 15) is 4.79 Å². The lowest BCUT2D eigenvalue weighted by Crippen LogP contribution is -2.47. The van der Waals surface area contributed by atoms with Gasteiger partial charge in [-0.05, 0) is 32.9 Å². The highest BCUT2D eigenvalue weighted by atomic mass is 16.5. The standard InChI is InChI=1S/C14H22N4O3/c1-11-15-14(21-16-11)12-2-4-17(5-3-12)10-13(19)18-6-8-20-9-7-18/h12H,2-10H2,1H3. The Morgan fingerprint density at radius 3 is 2.57 bits per heavy atom. The zero-order chi connectivity index (χ0) is 14.7. The van der Waals surface area contributed by atoms with E-state index >= 15 is 0 Å². The van der Waals surface area contributed by atoms with Crippen molar-refractivity contribution in [1.29, 1.82) is 0 Å². The molecule has 0 aromatic carbocycles. The summed E-state index contributed by atoms with van der Waals surface area (Å²) in [6, 6.07) is 0. The average Bonchev–Trinajstić information content (AvgIpc) is 2.95. The van der Waals surface area contributed by atoms with Crippen LogP contribution < -0.4 is 0 Å². The number of nitrogens with zero attached hydrogens (tertiary/aromatic N) is 4. The Hall–Kier alpha value is -1.47. The number of likely N-dealkylation sites (tertiary alicyclic amines) is 1. The zero-order valence-corrected chi connectivity index (χ0v) is 12.5. The Morgan fingerprint density at radius 1 is 1.24 bits per heavy atom. The summed E-state index contributed by atoms with van der Waals surface area (Å²) >= 11 is 0. The summed E-state index contributed by atoms with van der Waals surface area (Å²) in [5.41, 5.74) is 0. The van der Waals surface area contributed by atoms with Crippen LogP contribution in [0.1, 0.15) is 30.5 Å². The van der Waals surface area contributed by atoms with Crippen molar-refractivity contribution in [2.24, 2.45) is 0 Å². The van der Waals surface area contributed by atoms with Crippen LogP contribution in [0.15, 0.2) is 4.52 Å². The van der Waals surface area contributed by atoms with Gasteiger partial charge in [0.2, 0.25) is 11.8 Å².